The summed E-state index contributed by atoms with van der Waals surface area (Å²) in [5, 5.41) is 5.72. The van der Waals surface area contributed by atoms with Gasteiger partial charge >= 0.3 is 0 Å². The molecule has 0 bridgehead atoms. The highest BCUT2D eigenvalue weighted by atomic mass is 33.1. The van der Waals surface area contributed by atoms with Crippen LogP contribution in [-0.4, -0.2) is 12.3 Å². The lowest BCUT2D eigenvalue weighted by molar-refractivity contribution is 0.480. The van der Waals surface area contributed by atoms with Gasteiger partial charge in [-0.05, 0) is 12.8 Å². The monoisotopic (exact) mass is 173 g/mol. The highest BCUT2D eigenvalue weighted by Gasteiger charge is 2.20. The molecule has 2 aliphatic rings. The van der Waals surface area contributed by atoms with E-state index in [1.165, 1.54) is 30.8 Å². The van der Waals surface area contributed by atoms with Gasteiger partial charge in [-0.1, -0.05) is 21.6 Å². The molecule has 1 fully saturated rings. The first kappa shape index (κ1) is 6.92. The van der Waals surface area contributed by atoms with Crippen molar-refractivity contribution in [3.63, 3.8) is 0 Å². The Morgan fingerprint density at radius 3 is 3.50 bits per heavy atom. The highest BCUT2D eigenvalue weighted by molar-refractivity contribution is 8.77. The minimum Gasteiger partial charge on any atom is -0.388 e. The van der Waals surface area contributed by atoms with E-state index in [0.717, 1.165) is 5.92 Å². The van der Waals surface area contributed by atoms with Gasteiger partial charge in [0.1, 0.15) is 0 Å². The summed E-state index contributed by atoms with van der Waals surface area (Å²) in [4.78, 5) is 0. The maximum Gasteiger partial charge on any atom is 0.0219 e. The molecule has 0 saturated carbocycles. The molecule has 2 aliphatic heterocycles. The Bertz CT molecular complexity index is 156. The van der Waals surface area contributed by atoms with Crippen molar-refractivity contribution in [2.75, 3.05) is 12.3 Å². The van der Waals surface area contributed by atoms with Crippen molar-refractivity contribution in [3.8, 4) is 0 Å². The van der Waals surface area contributed by atoms with Crippen molar-refractivity contribution in [3.05, 3.63) is 11.1 Å². The summed E-state index contributed by atoms with van der Waals surface area (Å²) in [5.41, 5.74) is 1.50. The molecule has 0 aromatic carbocycles. The van der Waals surface area contributed by atoms with E-state index in [-0.39, 0.29) is 0 Å². The fourth-order valence-corrected chi connectivity index (χ4v) is 3.68. The molecular weight excluding hydrogens is 162 g/mol. The fraction of sp³-hybridized carbons (Fsp3) is 0.714. The zero-order chi connectivity index (χ0) is 6.81. The SMILES string of the molecule is C1=C2NCCCC2CSS1. The van der Waals surface area contributed by atoms with Gasteiger partial charge in [0.25, 0.3) is 0 Å². The molecule has 0 spiro atoms. The Labute approximate surface area is 69.4 Å². The maximum absolute atomic E-state index is 3.45. The molecule has 0 aromatic rings. The van der Waals surface area contributed by atoms with Crippen molar-refractivity contribution in [1.82, 2.24) is 5.32 Å². The molecule has 0 aliphatic carbocycles. The number of hydrogen-bond acceptors (Lipinski definition) is 3. The van der Waals surface area contributed by atoms with E-state index in [0.29, 0.717) is 0 Å². The maximum atomic E-state index is 3.45. The van der Waals surface area contributed by atoms with Crippen molar-refractivity contribution >= 4 is 21.6 Å². The normalized spacial score (nSPS) is 32.0. The van der Waals surface area contributed by atoms with E-state index in [1.807, 2.05) is 21.6 Å². The summed E-state index contributed by atoms with van der Waals surface area (Å²) in [6, 6.07) is 0. The number of hydrogen-bond donors (Lipinski definition) is 1. The summed E-state index contributed by atoms with van der Waals surface area (Å²) in [6.07, 6.45) is 2.75. The van der Waals surface area contributed by atoms with Gasteiger partial charge in [-0.3, -0.25) is 0 Å². The lowest BCUT2D eigenvalue weighted by Gasteiger charge is -2.28. The Kier molecular flexibility index (Phi) is 2.14. The smallest absolute Gasteiger partial charge is 0.0219 e. The van der Waals surface area contributed by atoms with Crippen LogP contribution in [0, 0.1) is 5.92 Å². The zero-order valence-corrected chi connectivity index (χ0v) is 7.43. The van der Waals surface area contributed by atoms with E-state index in [2.05, 4.69) is 10.7 Å². The number of fused-ring (bicyclic) bond motifs is 1. The number of nitrogens with one attached hydrogen (secondary N) is 1. The first-order chi connectivity index (χ1) is 4.97. The summed E-state index contributed by atoms with van der Waals surface area (Å²) < 4.78 is 0. The van der Waals surface area contributed by atoms with Crippen molar-refractivity contribution in [1.29, 1.82) is 0 Å². The molecule has 1 saturated heterocycles. The molecular formula is C7H11NS2. The zero-order valence-electron chi connectivity index (χ0n) is 5.80. The van der Waals surface area contributed by atoms with E-state index in [4.69, 9.17) is 0 Å². The molecule has 0 aromatic heterocycles. The molecule has 1 N–H and O–H groups in total. The number of allylic oxidation sites excluding steroid dienone is 1. The second kappa shape index (κ2) is 3.09. The molecule has 2 heterocycles. The Balaban J connectivity index is 2.08. The van der Waals surface area contributed by atoms with E-state index in [1.54, 1.807) is 0 Å². The van der Waals surface area contributed by atoms with Crippen LogP contribution < -0.4 is 5.32 Å². The largest absolute Gasteiger partial charge is 0.388 e. The van der Waals surface area contributed by atoms with Gasteiger partial charge in [-0.25, -0.2) is 0 Å². The molecule has 0 radical (unpaired) electrons. The van der Waals surface area contributed by atoms with Gasteiger partial charge < -0.3 is 5.32 Å². The molecule has 56 valence electrons. The first-order valence-electron chi connectivity index (χ1n) is 3.69. The molecule has 2 rings (SSSR count). The summed E-state index contributed by atoms with van der Waals surface area (Å²) in [5.74, 6) is 2.16. The molecule has 0 amide bonds. The third kappa shape index (κ3) is 1.30. The second-order valence-corrected chi connectivity index (χ2v) is 5.00. The van der Waals surface area contributed by atoms with Crippen LogP contribution in [0.25, 0.3) is 0 Å². The van der Waals surface area contributed by atoms with Crippen molar-refractivity contribution in [2.24, 2.45) is 5.92 Å². The number of rotatable bonds is 0. The average Bonchev–Trinajstić information content (AvgIpc) is 2.05. The van der Waals surface area contributed by atoms with Gasteiger partial charge in [0.05, 0.1) is 0 Å². The van der Waals surface area contributed by atoms with Gasteiger partial charge in [-0.15, -0.1) is 0 Å². The predicted molar refractivity (Wildman–Crippen MR) is 48.9 cm³/mol. The quantitative estimate of drug-likeness (QED) is 0.564. The van der Waals surface area contributed by atoms with Crippen molar-refractivity contribution < 1.29 is 0 Å². The van der Waals surface area contributed by atoms with E-state index in [9.17, 15) is 0 Å². The fourth-order valence-electron chi connectivity index (χ4n) is 1.40. The van der Waals surface area contributed by atoms with Gasteiger partial charge in [0.2, 0.25) is 0 Å². The van der Waals surface area contributed by atoms with Crippen LogP contribution >= 0.6 is 21.6 Å². The minimum absolute atomic E-state index is 0.847. The van der Waals surface area contributed by atoms with Crippen LogP contribution in [0.4, 0.5) is 0 Å². The molecule has 10 heavy (non-hydrogen) atoms. The molecule has 1 nitrogen and oxygen atoms in total. The van der Waals surface area contributed by atoms with E-state index >= 15 is 0 Å². The lowest BCUT2D eigenvalue weighted by atomic mass is 9.98. The van der Waals surface area contributed by atoms with Crippen LogP contribution in [0.3, 0.4) is 0 Å². The van der Waals surface area contributed by atoms with Crippen LogP contribution in [0.5, 0.6) is 0 Å². The average molecular weight is 173 g/mol. The van der Waals surface area contributed by atoms with Crippen LogP contribution in [0.1, 0.15) is 12.8 Å². The third-order valence-electron chi connectivity index (χ3n) is 2.01. The van der Waals surface area contributed by atoms with Gasteiger partial charge in [-0.2, -0.15) is 0 Å². The summed E-state index contributed by atoms with van der Waals surface area (Å²) in [6.45, 7) is 1.19. The number of piperidine rings is 1. The Hall–Kier alpha value is 0.240. The Morgan fingerprint density at radius 1 is 1.60 bits per heavy atom. The van der Waals surface area contributed by atoms with Crippen LogP contribution in [-0.2, 0) is 0 Å². The van der Waals surface area contributed by atoms with Gasteiger partial charge in [0.15, 0.2) is 0 Å². The highest BCUT2D eigenvalue weighted by Crippen LogP contribution is 2.37. The first-order valence-corrected chi connectivity index (χ1v) is 6.07. The molecule has 3 heteroatoms. The lowest BCUT2D eigenvalue weighted by Crippen LogP contribution is -2.29. The van der Waals surface area contributed by atoms with Gasteiger partial charge in [0, 0.05) is 29.3 Å². The van der Waals surface area contributed by atoms with Crippen molar-refractivity contribution in [2.45, 2.75) is 12.8 Å². The minimum atomic E-state index is 0.847. The predicted octanol–water partition coefficient (Wildman–Crippen LogP) is 2.22. The summed E-state index contributed by atoms with van der Waals surface area (Å²) >= 11 is 0. The third-order valence-corrected chi connectivity index (χ3v) is 4.14. The van der Waals surface area contributed by atoms with Crippen LogP contribution in [0.2, 0.25) is 0 Å². The topological polar surface area (TPSA) is 12.0 Å². The van der Waals surface area contributed by atoms with Crippen LogP contribution in [0.15, 0.2) is 11.1 Å². The standard InChI is InChI=1S/C7H11NS2/c1-2-6-4-9-10-5-7(6)8-3-1/h5-6,8H,1-4H2. The summed E-state index contributed by atoms with van der Waals surface area (Å²) in [7, 11) is 3.85. The molecule has 1 unspecified atom stereocenters. The van der Waals surface area contributed by atoms with E-state index < -0.39 is 0 Å². The Morgan fingerprint density at radius 2 is 2.60 bits per heavy atom. The molecule has 1 atom stereocenters. The second-order valence-electron chi connectivity index (χ2n) is 2.72.